The van der Waals surface area contributed by atoms with Gasteiger partial charge in [-0.15, -0.1) is 0 Å². The van der Waals surface area contributed by atoms with Gasteiger partial charge in [-0.1, -0.05) is 34.6 Å². The molecule has 0 spiro atoms. The molecular formula is C15H26O4. The van der Waals surface area contributed by atoms with E-state index in [-0.39, 0.29) is 11.4 Å². The van der Waals surface area contributed by atoms with Gasteiger partial charge in [0.25, 0.3) is 0 Å². The van der Waals surface area contributed by atoms with Crippen molar-refractivity contribution >= 4 is 11.9 Å². The van der Waals surface area contributed by atoms with Gasteiger partial charge in [-0.05, 0) is 24.7 Å². The molecule has 1 saturated heterocycles. The van der Waals surface area contributed by atoms with Crippen molar-refractivity contribution in [1.82, 2.24) is 0 Å². The van der Waals surface area contributed by atoms with Gasteiger partial charge in [0.2, 0.25) is 6.10 Å². The van der Waals surface area contributed by atoms with Crippen molar-refractivity contribution in [3.8, 4) is 0 Å². The van der Waals surface area contributed by atoms with Crippen LogP contribution in [0.4, 0.5) is 0 Å². The maximum Gasteiger partial charge on any atom is 0.347 e. The van der Waals surface area contributed by atoms with Crippen LogP contribution in [0.15, 0.2) is 0 Å². The Bertz CT molecular complexity index is 354. The number of hydrogen-bond donors (Lipinski definition) is 0. The zero-order valence-corrected chi connectivity index (χ0v) is 12.9. The van der Waals surface area contributed by atoms with E-state index in [0.29, 0.717) is 18.9 Å². The minimum atomic E-state index is -0.721. The van der Waals surface area contributed by atoms with Crippen LogP contribution in [-0.2, 0) is 19.1 Å². The summed E-state index contributed by atoms with van der Waals surface area (Å²) in [7, 11) is 0. The highest BCUT2D eigenvalue weighted by molar-refractivity contribution is 5.83. The standard InChI is InChI=1S/C15H26O4/c1-10(2)9-15(6,14(3,4)5)13(17)19-11-7-8-18-12(11)16/h10-11H,7-9H2,1-6H3. The van der Waals surface area contributed by atoms with Gasteiger partial charge in [0, 0.05) is 6.42 Å². The molecule has 0 aromatic carbocycles. The fourth-order valence-electron chi connectivity index (χ4n) is 2.36. The van der Waals surface area contributed by atoms with Crippen molar-refractivity contribution in [2.45, 2.75) is 60.5 Å². The molecule has 1 rings (SSSR count). The lowest BCUT2D eigenvalue weighted by molar-refractivity contribution is -0.174. The van der Waals surface area contributed by atoms with E-state index in [1.54, 1.807) is 0 Å². The smallest absolute Gasteiger partial charge is 0.347 e. The van der Waals surface area contributed by atoms with Crippen LogP contribution in [0.1, 0.15) is 54.4 Å². The van der Waals surface area contributed by atoms with Gasteiger partial charge in [0.1, 0.15) is 0 Å². The molecule has 1 aliphatic rings. The average Bonchev–Trinajstić information content (AvgIpc) is 2.61. The summed E-state index contributed by atoms with van der Waals surface area (Å²) in [5, 5.41) is 0. The van der Waals surface area contributed by atoms with Crippen molar-refractivity contribution < 1.29 is 19.1 Å². The summed E-state index contributed by atoms with van der Waals surface area (Å²) in [6.07, 6.45) is 0.477. The predicted molar refractivity (Wildman–Crippen MR) is 72.5 cm³/mol. The molecule has 0 aromatic heterocycles. The maximum absolute atomic E-state index is 12.5. The summed E-state index contributed by atoms with van der Waals surface area (Å²) < 4.78 is 10.2. The molecule has 0 aromatic rings. The summed E-state index contributed by atoms with van der Waals surface area (Å²) in [6.45, 7) is 12.5. The molecule has 1 fully saturated rings. The zero-order chi connectivity index (χ0) is 14.8. The molecule has 4 heteroatoms. The lowest BCUT2D eigenvalue weighted by atomic mass is 9.64. The topological polar surface area (TPSA) is 52.6 Å². The second kappa shape index (κ2) is 5.51. The molecule has 110 valence electrons. The quantitative estimate of drug-likeness (QED) is 0.737. The van der Waals surface area contributed by atoms with Crippen molar-refractivity contribution in [1.29, 1.82) is 0 Å². The van der Waals surface area contributed by atoms with E-state index in [9.17, 15) is 9.59 Å². The highest BCUT2D eigenvalue weighted by atomic mass is 16.6. The Balaban J connectivity index is 2.86. The van der Waals surface area contributed by atoms with E-state index in [2.05, 4.69) is 13.8 Å². The number of rotatable bonds is 4. The lowest BCUT2D eigenvalue weighted by Gasteiger charge is -2.41. The van der Waals surface area contributed by atoms with Gasteiger partial charge in [-0.3, -0.25) is 4.79 Å². The Morgan fingerprint density at radius 1 is 1.37 bits per heavy atom. The molecule has 0 saturated carbocycles. The molecule has 19 heavy (non-hydrogen) atoms. The van der Waals surface area contributed by atoms with E-state index in [0.717, 1.165) is 6.42 Å². The van der Waals surface area contributed by atoms with Crippen LogP contribution in [-0.4, -0.2) is 24.6 Å². The third-order valence-corrected chi connectivity index (χ3v) is 4.06. The van der Waals surface area contributed by atoms with Gasteiger partial charge in [0.05, 0.1) is 12.0 Å². The summed E-state index contributed by atoms with van der Waals surface area (Å²) in [5.74, 6) is -0.334. The minimum absolute atomic E-state index is 0.225. The second-order valence-corrected chi connectivity index (χ2v) is 7.03. The second-order valence-electron chi connectivity index (χ2n) is 7.03. The van der Waals surface area contributed by atoms with E-state index in [1.807, 2.05) is 27.7 Å². The lowest BCUT2D eigenvalue weighted by Crippen LogP contribution is -2.44. The summed E-state index contributed by atoms with van der Waals surface area (Å²) >= 11 is 0. The van der Waals surface area contributed by atoms with E-state index in [1.165, 1.54) is 0 Å². The first-order chi connectivity index (χ1) is 8.58. The van der Waals surface area contributed by atoms with E-state index >= 15 is 0 Å². The Labute approximate surface area is 115 Å². The fourth-order valence-corrected chi connectivity index (χ4v) is 2.36. The predicted octanol–water partition coefficient (Wildman–Crippen LogP) is 2.94. The van der Waals surface area contributed by atoms with Crippen molar-refractivity contribution in [3.05, 3.63) is 0 Å². The molecule has 1 heterocycles. The molecule has 2 unspecified atom stereocenters. The molecule has 0 radical (unpaired) electrons. The SMILES string of the molecule is CC(C)CC(C)(C(=O)OC1CCOC1=O)C(C)(C)C. The molecule has 0 bridgehead atoms. The van der Waals surface area contributed by atoms with Gasteiger partial charge in [-0.25, -0.2) is 4.79 Å². The zero-order valence-electron chi connectivity index (χ0n) is 12.9. The highest BCUT2D eigenvalue weighted by Crippen LogP contribution is 2.44. The molecule has 4 nitrogen and oxygen atoms in total. The van der Waals surface area contributed by atoms with Crippen molar-refractivity contribution in [2.24, 2.45) is 16.7 Å². The van der Waals surface area contributed by atoms with Gasteiger partial charge in [-0.2, -0.15) is 0 Å². The number of ether oxygens (including phenoxy) is 2. The average molecular weight is 270 g/mol. The monoisotopic (exact) mass is 270 g/mol. The summed E-state index contributed by atoms with van der Waals surface area (Å²) in [5.41, 5.74) is -0.832. The molecular weight excluding hydrogens is 244 g/mol. The Morgan fingerprint density at radius 3 is 2.32 bits per heavy atom. The highest BCUT2D eigenvalue weighted by Gasteiger charge is 2.47. The van der Waals surface area contributed by atoms with Crippen LogP contribution in [0.2, 0.25) is 0 Å². The van der Waals surface area contributed by atoms with Gasteiger partial charge in [0.15, 0.2) is 0 Å². The van der Waals surface area contributed by atoms with Crippen molar-refractivity contribution in [2.75, 3.05) is 6.61 Å². The first-order valence-corrected chi connectivity index (χ1v) is 6.95. The van der Waals surface area contributed by atoms with Crippen LogP contribution in [0.25, 0.3) is 0 Å². The molecule has 1 aliphatic heterocycles. The third kappa shape index (κ3) is 3.48. The van der Waals surface area contributed by atoms with Crippen LogP contribution >= 0.6 is 0 Å². The maximum atomic E-state index is 12.5. The normalized spacial score (nSPS) is 23.1. The first-order valence-electron chi connectivity index (χ1n) is 6.95. The fraction of sp³-hybridized carbons (Fsp3) is 0.867. The number of esters is 2. The molecule has 0 aliphatic carbocycles. The number of carbonyl (C=O) groups excluding carboxylic acids is 2. The van der Waals surface area contributed by atoms with Crippen LogP contribution in [0.5, 0.6) is 0 Å². The Hall–Kier alpha value is -1.06. The molecule has 2 atom stereocenters. The number of hydrogen-bond acceptors (Lipinski definition) is 4. The molecule has 0 N–H and O–H groups in total. The largest absolute Gasteiger partial charge is 0.463 e. The summed E-state index contributed by atoms with van der Waals surface area (Å²) in [6, 6.07) is 0. The van der Waals surface area contributed by atoms with Gasteiger partial charge >= 0.3 is 11.9 Å². The van der Waals surface area contributed by atoms with Crippen molar-refractivity contribution in [3.63, 3.8) is 0 Å². The third-order valence-electron chi connectivity index (χ3n) is 4.06. The van der Waals surface area contributed by atoms with Crippen LogP contribution < -0.4 is 0 Å². The molecule has 0 amide bonds. The van der Waals surface area contributed by atoms with E-state index in [4.69, 9.17) is 9.47 Å². The first kappa shape index (κ1) is 16.0. The summed E-state index contributed by atoms with van der Waals surface area (Å²) in [4.78, 5) is 23.9. The Morgan fingerprint density at radius 2 is 1.95 bits per heavy atom. The minimum Gasteiger partial charge on any atom is -0.463 e. The van der Waals surface area contributed by atoms with Gasteiger partial charge < -0.3 is 9.47 Å². The number of cyclic esters (lactones) is 1. The van der Waals surface area contributed by atoms with E-state index < -0.39 is 17.5 Å². The number of carbonyl (C=O) groups is 2. The Kier molecular flexibility index (Phi) is 4.64. The van der Waals surface area contributed by atoms with Crippen LogP contribution in [0, 0.1) is 16.7 Å². The van der Waals surface area contributed by atoms with Crippen LogP contribution in [0.3, 0.4) is 0 Å².